The molecule has 0 aromatic heterocycles. The summed E-state index contributed by atoms with van der Waals surface area (Å²) in [4.78, 5) is 24.7. The molecule has 7 nitrogen and oxygen atoms in total. The van der Waals surface area contributed by atoms with Crippen molar-refractivity contribution in [3.05, 3.63) is 82.1 Å². The van der Waals surface area contributed by atoms with Gasteiger partial charge in [-0.3, -0.25) is 4.79 Å². The first-order chi connectivity index (χ1) is 18.3. The highest BCUT2D eigenvalue weighted by atomic mass is 35.5. The van der Waals surface area contributed by atoms with Crippen LogP contribution in [0.5, 0.6) is 17.2 Å². The van der Waals surface area contributed by atoms with Crippen LogP contribution in [0.2, 0.25) is 5.02 Å². The number of likely N-dealkylation sites (N-methyl/N-ethyl adjacent to an activating group) is 1. The number of carbonyl (C=O) groups excluding carboxylic acids is 2. The van der Waals surface area contributed by atoms with E-state index in [9.17, 15) is 32.3 Å². The zero-order valence-electron chi connectivity index (χ0n) is 20.8. The molecule has 1 aliphatic heterocycles. The number of nitrogens with zero attached hydrogens (tertiary/aromatic N) is 1. The van der Waals surface area contributed by atoms with Crippen molar-refractivity contribution in [3.8, 4) is 17.2 Å². The van der Waals surface area contributed by atoms with Gasteiger partial charge in [0.15, 0.2) is 12.2 Å². The van der Waals surface area contributed by atoms with Gasteiger partial charge in [-0.05, 0) is 47.5 Å². The van der Waals surface area contributed by atoms with Gasteiger partial charge in [0, 0.05) is 24.1 Å². The molecule has 0 radical (unpaired) electrons. The molecule has 39 heavy (non-hydrogen) atoms. The first-order valence-corrected chi connectivity index (χ1v) is 11.8. The van der Waals surface area contributed by atoms with Crippen molar-refractivity contribution >= 4 is 29.2 Å². The number of hydrogen-bond acceptors (Lipinski definition) is 6. The number of amides is 1. The van der Waals surface area contributed by atoms with Gasteiger partial charge in [-0.15, -0.1) is 0 Å². The maximum atomic E-state index is 14.5. The third kappa shape index (κ3) is 5.11. The predicted molar refractivity (Wildman–Crippen MR) is 133 cm³/mol. The summed E-state index contributed by atoms with van der Waals surface area (Å²) in [7, 11) is 2.50. The molecule has 0 saturated heterocycles. The number of anilines is 1. The molecule has 2 atom stereocenters. The Labute approximate surface area is 225 Å². The van der Waals surface area contributed by atoms with E-state index in [0.717, 1.165) is 36.3 Å². The van der Waals surface area contributed by atoms with E-state index in [2.05, 4.69) is 4.74 Å². The Morgan fingerprint density at radius 1 is 1.10 bits per heavy atom. The van der Waals surface area contributed by atoms with E-state index in [1.165, 1.54) is 44.3 Å². The molecule has 3 aromatic rings. The quantitative estimate of drug-likeness (QED) is 0.292. The van der Waals surface area contributed by atoms with Gasteiger partial charge in [0.05, 0.1) is 18.4 Å². The minimum absolute atomic E-state index is 0.00115. The summed E-state index contributed by atoms with van der Waals surface area (Å²) >= 11 is 6.34. The van der Waals surface area contributed by atoms with Crippen LogP contribution in [0.3, 0.4) is 0 Å². The number of halogens is 5. The second-order valence-corrected chi connectivity index (χ2v) is 9.24. The highest BCUT2D eigenvalue weighted by Gasteiger charge is 2.59. The van der Waals surface area contributed by atoms with Gasteiger partial charge in [-0.25, -0.2) is 9.18 Å². The van der Waals surface area contributed by atoms with E-state index in [1.807, 2.05) is 0 Å². The molecule has 1 N–H and O–H groups in total. The second kappa shape index (κ2) is 10.4. The summed E-state index contributed by atoms with van der Waals surface area (Å²) in [6.45, 7) is 0.913. The average molecular weight is 568 g/mol. The number of benzene rings is 3. The van der Waals surface area contributed by atoms with Gasteiger partial charge in [-0.2, -0.15) is 13.2 Å². The molecule has 4 rings (SSSR count). The fraction of sp³-hybridized carbons (Fsp3) is 0.259. The molecule has 1 amide bonds. The molecule has 1 heterocycles. The Kier molecular flexibility index (Phi) is 7.50. The smallest absolute Gasteiger partial charge is 0.422 e. The Morgan fingerprint density at radius 3 is 2.38 bits per heavy atom. The third-order valence-electron chi connectivity index (χ3n) is 6.56. The summed E-state index contributed by atoms with van der Waals surface area (Å²) < 4.78 is 73.0. The molecule has 0 aliphatic carbocycles. The predicted octanol–water partition coefficient (Wildman–Crippen LogP) is 5.97. The third-order valence-corrected chi connectivity index (χ3v) is 6.89. The van der Waals surface area contributed by atoms with E-state index < -0.39 is 41.0 Å². The second-order valence-electron chi connectivity index (χ2n) is 8.83. The topological polar surface area (TPSA) is 85.3 Å². The van der Waals surface area contributed by atoms with Crippen LogP contribution in [-0.2, 0) is 15.1 Å². The van der Waals surface area contributed by atoms with Crippen LogP contribution in [-0.4, -0.2) is 43.9 Å². The molecule has 1 aliphatic rings. The van der Waals surface area contributed by atoms with Crippen molar-refractivity contribution < 1.29 is 46.5 Å². The molecule has 2 unspecified atom stereocenters. The van der Waals surface area contributed by atoms with Crippen LogP contribution in [0.25, 0.3) is 0 Å². The molecule has 0 bridgehead atoms. The normalized spacial score (nSPS) is 15.6. The molecule has 0 saturated carbocycles. The Bertz CT molecular complexity index is 1450. The SMILES string of the molecule is COC(=O)c1ccc(Oc2ccc(C(C)C(O)(c3ccc4c(c3)N(C)C(=O)CO4)C(F)(F)F)c(Cl)c2)cc1F. The van der Waals surface area contributed by atoms with E-state index in [4.69, 9.17) is 21.1 Å². The fourth-order valence-electron chi connectivity index (χ4n) is 4.29. The maximum Gasteiger partial charge on any atom is 0.422 e. The molecular weight excluding hydrogens is 546 g/mol. The van der Waals surface area contributed by atoms with Crippen LogP contribution in [0, 0.1) is 5.82 Å². The fourth-order valence-corrected chi connectivity index (χ4v) is 4.62. The van der Waals surface area contributed by atoms with Crippen LogP contribution < -0.4 is 14.4 Å². The van der Waals surface area contributed by atoms with E-state index >= 15 is 0 Å². The van der Waals surface area contributed by atoms with E-state index in [0.29, 0.717) is 0 Å². The Hall–Kier alpha value is -3.83. The van der Waals surface area contributed by atoms with Crippen molar-refractivity contribution in [2.75, 3.05) is 25.7 Å². The van der Waals surface area contributed by atoms with Crippen LogP contribution in [0.1, 0.15) is 34.3 Å². The number of alkyl halides is 3. The summed E-state index contributed by atoms with van der Waals surface area (Å²) in [6, 6.07) is 10.6. The molecular formula is C27H22ClF4NO6. The standard InChI is InChI=1S/C27H22ClF4NO6/c1-14(26(36,27(30,31)32)15-4-9-23-22(10-15)33(2)24(34)13-38-23)18-7-5-16(11-20(18)28)39-17-6-8-19(21(29)12-17)25(35)37-3/h4-12,14,36H,13H2,1-3H3. The largest absolute Gasteiger partial charge is 0.482 e. The molecule has 0 fully saturated rings. The van der Waals surface area contributed by atoms with Gasteiger partial charge in [0.25, 0.3) is 5.91 Å². The van der Waals surface area contributed by atoms with Gasteiger partial charge in [-0.1, -0.05) is 30.7 Å². The number of fused-ring (bicyclic) bond motifs is 1. The van der Waals surface area contributed by atoms with E-state index in [-0.39, 0.29) is 45.7 Å². The summed E-state index contributed by atoms with van der Waals surface area (Å²) in [5.74, 6) is -3.56. The lowest BCUT2D eigenvalue weighted by atomic mass is 9.77. The Balaban J connectivity index is 1.67. The van der Waals surface area contributed by atoms with Crippen LogP contribution >= 0.6 is 11.6 Å². The summed E-state index contributed by atoms with van der Waals surface area (Å²) in [5.41, 5.74) is -4.18. The number of carbonyl (C=O) groups is 2. The average Bonchev–Trinajstić information content (AvgIpc) is 2.89. The van der Waals surface area contributed by atoms with Crippen molar-refractivity contribution in [2.45, 2.75) is 24.6 Å². The van der Waals surface area contributed by atoms with Crippen molar-refractivity contribution in [1.29, 1.82) is 0 Å². The zero-order chi connectivity index (χ0) is 28.7. The number of rotatable bonds is 6. The lowest BCUT2D eigenvalue weighted by molar-refractivity contribution is -0.274. The van der Waals surface area contributed by atoms with Crippen LogP contribution in [0.4, 0.5) is 23.2 Å². The monoisotopic (exact) mass is 567 g/mol. The number of ether oxygens (including phenoxy) is 3. The summed E-state index contributed by atoms with van der Waals surface area (Å²) in [5, 5.41) is 11.1. The first kappa shape index (κ1) is 28.2. The van der Waals surface area contributed by atoms with Gasteiger partial charge >= 0.3 is 12.1 Å². The number of aliphatic hydroxyl groups is 1. The first-order valence-electron chi connectivity index (χ1n) is 11.5. The highest BCUT2D eigenvalue weighted by molar-refractivity contribution is 6.31. The van der Waals surface area contributed by atoms with Gasteiger partial charge in [0.2, 0.25) is 0 Å². The van der Waals surface area contributed by atoms with Gasteiger partial charge in [0.1, 0.15) is 23.1 Å². The van der Waals surface area contributed by atoms with Crippen molar-refractivity contribution in [1.82, 2.24) is 0 Å². The zero-order valence-corrected chi connectivity index (χ0v) is 21.6. The molecule has 0 spiro atoms. The highest BCUT2D eigenvalue weighted by Crippen LogP contribution is 2.51. The number of esters is 1. The lowest BCUT2D eigenvalue weighted by Gasteiger charge is -2.38. The minimum atomic E-state index is -5.14. The van der Waals surface area contributed by atoms with Crippen LogP contribution in [0.15, 0.2) is 54.6 Å². The van der Waals surface area contributed by atoms with Crippen molar-refractivity contribution in [2.24, 2.45) is 0 Å². The maximum absolute atomic E-state index is 14.5. The Morgan fingerprint density at radius 2 is 1.77 bits per heavy atom. The number of methoxy groups -OCH3 is 1. The summed E-state index contributed by atoms with van der Waals surface area (Å²) in [6.07, 6.45) is -5.14. The lowest BCUT2D eigenvalue weighted by Crippen LogP contribution is -2.47. The molecule has 3 aromatic carbocycles. The van der Waals surface area contributed by atoms with Crippen molar-refractivity contribution in [3.63, 3.8) is 0 Å². The molecule has 206 valence electrons. The minimum Gasteiger partial charge on any atom is -0.482 e. The number of hydrogen-bond donors (Lipinski definition) is 1. The van der Waals surface area contributed by atoms with Gasteiger partial charge < -0.3 is 24.2 Å². The van der Waals surface area contributed by atoms with E-state index in [1.54, 1.807) is 0 Å². The molecule has 12 heteroatoms.